The minimum atomic E-state index is 0.889. The Balaban J connectivity index is 1.40. The van der Waals surface area contributed by atoms with E-state index in [2.05, 4.69) is 40.5 Å². The SMILES string of the molecule is COc1ccc(CNCCCc2ccc(N3CCCC3)c(N)c2)cc1. The van der Waals surface area contributed by atoms with Gasteiger partial charge in [0.05, 0.1) is 18.5 Å². The van der Waals surface area contributed by atoms with E-state index in [1.54, 1.807) is 7.11 Å². The Morgan fingerprint density at radius 3 is 2.44 bits per heavy atom. The van der Waals surface area contributed by atoms with Gasteiger partial charge in [0, 0.05) is 19.6 Å². The number of nitrogens with zero attached hydrogens (tertiary/aromatic N) is 1. The summed E-state index contributed by atoms with van der Waals surface area (Å²) >= 11 is 0. The van der Waals surface area contributed by atoms with Gasteiger partial charge in [-0.2, -0.15) is 0 Å². The smallest absolute Gasteiger partial charge is 0.118 e. The number of hydrogen-bond donors (Lipinski definition) is 2. The van der Waals surface area contributed by atoms with Gasteiger partial charge in [-0.05, 0) is 67.6 Å². The first-order valence-electron chi connectivity index (χ1n) is 9.23. The second kappa shape index (κ2) is 8.77. The molecule has 4 nitrogen and oxygen atoms in total. The normalized spacial score (nSPS) is 14.0. The van der Waals surface area contributed by atoms with Gasteiger partial charge in [0.2, 0.25) is 0 Å². The van der Waals surface area contributed by atoms with Crippen molar-refractivity contribution in [3.63, 3.8) is 0 Å². The summed E-state index contributed by atoms with van der Waals surface area (Å²) in [5, 5.41) is 3.50. The zero-order valence-corrected chi connectivity index (χ0v) is 15.1. The number of benzene rings is 2. The van der Waals surface area contributed by atoms with Gasteiger partial charge < -0.3 is 20.7 Å². The van der Waals surface area contributed by atoms with Crippen molar-refractivity contribution in [2.24, 2.45) is 0 Å². The van der Waals surface area contributed by atoms with Gasteiger partial charge in [0.1, 0.15) is 5.75 Å². The minimum Gasteiger partial charge on any atom is -0.497 e. The molecule has 0 spiro atoms. The number of ether oxygens (including phenoxy) is 1. The van der Waals surface area contributed by atoms with Gasteiger partial charge in [0.25, 0.3) is 0 Å². The van der Waals surface area contributed by atoms with Crippen molar-refractivity contribution < 1.29 is 4.74 Å². The van der Waals surface area contributed by atoms with Crippen molar-refractivity contribution in [1.29, 1.82) is 0 Å². The first-order chi connectivity index (χ1) is 12.3. The van der Waals surface area contributed by atoms with Crippen LogP contribution in [0.3, 0.4) is 0 Å². The van der Waals surface area contributed by atoms with E-state index >= 15 is 0 Å². The van der Waals surface area contributed by atoms with Gasteiger partial charge in [-0.1, -0.05) is 18.2 Å². The molecule has 1 heterocycles. The maximum absolute atomic E-state index is 6.26. The average Bonchev–Trinajstić information content (AvgIpc) is 3.16. The fourth-order valence-electron chi connectivity index (χ4n) is 3.40. The number of hydrogen-bond acceptors (Lipinski definition) is 4. The van der Waals surface area contributed by atoms with E-state index in [0.717, 1.165) is 50.5 Å². The molecule has 1 aliphatic rings. The molecular weight excluding hydrogens is 310 g/mol. The summed E-state index contributed by atoms with van der Waals surface area (Å²) in [6, 6.07) is 14.8. The maximum atomic E-state index is 6.26. The molecule has 3 N–H and O–H groups in total. The van der Waals surface area contributed by atoms with Gasteiger partial charge in [-0.25, -0.2) is 0 Å². The Morgan fingerprint density at radius 2 is 1.76 bits per heavy atom. The molecule has 0 atom stereocenters. The lowest BCUT2D eigenvalue weighted by atomic mass is 10.1. The standard InChI is InChI=1S/C21H29N3O/c1-25-19-9-6-18(7-10-19)16-23-12-4-5-17-8-11-21(20(22)15-17)24-13-2-3-14-24/h6-11,15,23H,2-5,12-14,16,22H2,1H3. The van der Waals surface area contributed by atoms with Crippen molar-refractivity contribution in [2.75, 3.05) is 37.4 Å². The van der Waals surface area contributed by atoms with Crippen LogP contribution in [-0.4, -0.2) is 26.7 Å². The quantitative estimate of drug-likeness (QED) is 0.570. The summed E-state index contributed by atoms with van der Waals surface area (Å²) in [6.07, 6.45) is 4.72. The summed E-state index contributed by atoms with van der Waals surface area (Å²) in [5.74, 6) is 0.902. The largest absolute Gasteiger partial charge is 0.497 e. The van der Waals surface area contributed by atoms with Crippen molar-refractivity contribution >= 4 is 11.4 Å². The van der Waals surface area contributed by atoms with Crippen molar-refractivity contribution in [2.45, 2.75) is 32.2 Å². The molecule has 0 aliphatic carbocycles. The maximum Gasteiger partial charge on any atom is 0.118 e. The van der Waals surface area contributed by atoms with Gasteiger partial charge in [-0.15, -0.1) is 0 Å². The molecule has 1 aliphatic heterocycles. The van der Waals surface area contributed by atoms with Crippen LogP contribution < -0.4 is 20.7 Å². The van der Waals surface area contributed by atoms with E-state index in [-0.39, 0.29) is 0 Å². The van der Waals surface area contributed by atoms with E-state index in [0.29, 0.717) is 0 Å². The fraction of sp³-hybridized carbons (Fsp3) is 0.429. The number of aryl methyl sites for hydroxylation is 1. The molecule has 25 heavy (non-hydrogen) atoms. The van der Waals surface area contributed by atoms with Crippen LogP contribution in [0.2, 0.25) is 0 Å². The second-order valence-electron chi connectivity index (χ2n) is 6.72. The first-order valence-corrected chi connectivity index (χ1v) is 9.23. The Hall–Kier alpha value is -2.20. The Labute approximate surface area is 151 Å². The Kier molecular flexibility index (Phi) is 6.18. The van der Waals surface area contributed by atoms with E-state index in [9.17, 15) is 0 Å². The third-order valence-electron chi connectivity index (χ3n) is 4.85. The third kappa shape index (κ3) is 4.89. The number of methoxy groups -OCH3 is 1. The monoisotopic (exact) mass is 339 g/mol. The molecule has 0 aromatic heterocycles. The highest BCUT2D eigenvalue weighted by Crippen LogP contribution is 2.27. The van der Waals surface area contributed by atoms with E-state index in [1.165, 1.54) is 29.7 Å². The molecule has 0 saturated carbocycles. The van der Waals surface area contributed by atoms with Crippen LogP contribution in [0.5, 0.6) is 5.75 Å². The second-order valence-corrected chi connectivity index (χ2v) is 6.72. The molecule has 0 unspecified atom stereocenters. The zero-order valence-electron chi connectivity index (χ0n) is 15.1. The lowest BCUT2D eigenvalue weighted by Gasteiger charge is -2.20. The van der Waals surface area contributed by atoms with E-state index in [1.807, 2.05) is 12.1 Å². The fourth-order valence-corrected chi connectivity index (χ4v) is 3.40. The van der Waals surface area contributed by atoms with Crippen LogP contribution in [0.25, 0.3) is 0 Å². The van der Waals surface area contributed by atoms with Gasteiger partial charge in [0.15, 0.2) is 0 Å². The number of anilines is 2. The highest BCUT2D eigenvalue weighted by molar-refractivity contribution is 5.68. The van der Waals surface area contributed by atoms with Gasteiger partial charge in [-0.3, -0.25) is 0 Å². The summed E-state index contributed by atoms with van der Waals surface area (Å²) < 4.78 is 5.18. The van der Waals surface area contributed by atoms with Crippen molar-refractivity contribution in [3.8, 4) is 5.75 Å². The minimum absolute atomic E-state index is 0.889. The first kappa shape index (κ1) is 17.6. The highest BCUT2D eigenvalue weighted by atomic mass is 16.5. The van der Waals surface area contributed by atoms with Crippen LogP contribution >= 0.6 is 0 Å². The molecule has 0 bridgehead atoms. The zero-order chi connectivity index (χ0) is 17.5. The van der Waals surface area contributed by atoms with Crippen LogP contribution in [0, 0.1) is 0 Å². The number of nitrogens with one attached hydrogen (secondary N) is 1. The summed E-state index contributed by atoms with van der Waals surface area (Å²) in [5.41, 5.74) is 11.0. The molecule has 134 valence electrons. The molecule has 1 saturated heterocycles. The van der Waals surface area contributed by atoms with E-state index < -0.39 is 0 Å². The molecule has 2 aromatic carbocycles. The van der Waals surface area contributed by atoms with Crippen molar-refractivity contribution in [3.05, 3.63) is 53.6 Å². The topological polar surface area (TPSA) is 50.5 Å². The Morgan fingerprint density at radius 1 is 1.04 bits per heavy atom. The number of nitrogen functional groups attached to an aromatic ring is 1. The van der Waals surface area contributed by atoms with E-state index in [4.69, 9.17) is 10.5 Å². The Bertz CT molecular complexity index is 663. The van der Waals surface area contributed by atoms with Crippen LogP contribution in [0.1, 0.15) is 30.4 Å². The predicted molar refractivity (Wildman–Crippen MR) is 105 cm³/mol. The molecule has 3 rings (SSSR count). The van der Waals surface area contributed by atoms with Crippen LogP contribution in [0.4, 0.5) is 11.4 Å². The molecule has 2 aromatic rings. The number of nitrogens with two attached hydrogens (primary N) is 1. The summed E-state index contributed by atoms with van der Waals surface area (Å²) in [7, 11) is 1.69. The molecule has 1 fully saturated rings. The van der Waals surface area contributed by atoms with Gasteiger partial charge >= 0.3 is 0 Å². The molecule has 4 heteroatoms. The lowest BCUT2D eigenvalue weighted by molar-refractivity contribution is 0.414. The van der Waals surface area contributed by atoms with Crippen molar-refractivity contribution in [1.82, 2.24) is 5.32 Å². The highest BCUT2D eigenvalue weighted by Gasteiger charge is 2.14. The predicted octanol–water partition coefficient (Wildman–Crippen LogP) is 3.60. The van der Waals surface area contributed by atoms with Crippen LogP contribution in [0.15, 0.2) is 42.5 Å². The molecule has 0 radical (unpaired) electrons. The average molecular weight is 339 g/mol. The lowest BCUT2D eigenvalue weighted by Crippen LogP contribution is -2.19. The number of rotatable bonds is 8. The summed E-state index contributed by atoms with van der Waals surface area (Å²) in [6.45, 7) is 4.16. The summed E-state index contributed by atoms with van der Waals surface area (Å²) in [4.78, 5) is 2.40. The third-order valence-corrected chi connectivity index (χ3v) is 4.85. The molecule has 0 amide bonds. The molecular formula is C21H29N3O. The van der Waals surface area contributed by atoms with Crippen LogP contribution in [-0.2, 0) is 13.0 Å².